The van der Waals surface area contributed by atoms with Crippen LogP contribution in [0, 0.1) is 0 Å². The molecule has 0 aromatic carbocycles. The van der Waals surface area contributed by atoms with Gasteiger partial charge in [-0.3, -0.25) is 4.90 Å². The molecule has 1 aliphatic heterocycles. The van der Waals surface area contributed by atoms with Gasteiger partial charge in [0.15, 0.2) is 0 Å². The molecule has 0 saturated carbocycles. The summed E-state index contributed by atoms with van der Waals surface area (Å²) in [6, 6.07) is -0.125. The zero-order valence-electron chi connectivity index (χ0n) is 15.0. The third kappa shape index (κ3) is 6.25. The lowest BCUT2D eigenvalue weighted by Crippen LogP contribution is -2.63. The van der Waals surface area contributed by atoms with E-state index in [1.165, 1.54) is 0 Å². The van der Waals surface area contributed by atoms with E-state index in [0.29, 0.717) is 32.6 Å². The first-order valence-corrected chi connectivity index (χ1v) is 8.21. The molecular formula is C16H31N3O4. The van der Waals surface area contributed by atoms with Crippen molar-refractivity contribution in [3.05, 3.63) is 0 Å². The van der Waals surface area contributed by atoms with Gasteiger partial charge >= 0.3 is 12.1 Å². The number of rotatable bonds is 4. The highest BCUT2D eigenvalue weighted by Crippen LogP contribution is 2.23. The Morgan fingerprint density at radius 2 is 1.87 bits per heavy atom. The maximum absolute atomic E-state index is 12.3. The van der Waals surface area contributed by atoms with E-state index in [9.17, 15) is 9.59 Å². The number of amides is 3. The highest BCUT2D eigenvalue weighted by molar-refractivity contribution is 5.75. The second-order valence-electron chi connectivity index (χ2n) is 7.53. The number of urea groups is 1. The molecule has 134 valence electrons. The number of unbranched alkanes of at least 4 members (excludes halogenated alkanes) is 1. The van der Waals surface area contributed by atoms with Crippen LogP contribution in [0.4, 0.5) is 9.59 Å². The van der Waals surface area contributed by atoms with E-state index in [-0.39, 0.29) is 18.7 Å². The zero-order chi connectivity index (χ0) is 17.7. The summed E-state index contributed by atoms with van der Waals surface area (Å²) in [5.41, 5.74) is -1.02. The van der Waals surface area contributed by atoms with Crippen LogP contribution >= 0.6 is 0 Å². The summed E-state index contributed by atoms with van der Waals surface area (Å²) >= 11 is 0. The van der Waals surface area contributed by atoms with Crippen molar-refractivity contribution < 1.29 is 19.4 Å². The van der Waals surface area contributed by atoms with Gasteiger partial charge in [-0.05, 0) is 47.5 Å². The van der Waals surface area contributed by atoms with Crippen LogP contribution in [0.2, 0.25) is 0 Å². The molecule has 0 bridgehead atoms. The number of carbonyl (C=O) groups is 2. The van der Waals surface area contributed by atoms with E-state index in [0.717, 1.165) is 6.42 Å². The maximum Gasteiger partial charge on any atom is 0.410 e. The smallest absolute Gasteiger partial charge is 0.410 e. The summed E-state index contributed by atoms with van der Waals surface area (Å²) in [4.78, 5) is 27.9. The Kier molecular flexibility index (Phi) is 6.68. The highest BCUT2D eigenvalue weighted by atomic mass is 16.6. The fourth-order valence-corrected chi connectivity index (χ4v) is 2.53. The Labute approximate surface area is 139 Å². The van der Waals surface area contributed by atoms with E-state index in [1.807, 2.05) is 34.6 Å². The van der Waals surface area contributed by atoms with Gasteiger partial charge in [-0.2, -0.15) is 0 Å². The topological polar surface area (TPSA) is 82.1 Å². The molecule has 1 rings (SSSR count). The number of hydrogen-bond donors (Lipinski definition) is 2. The number of nitrogens with zero attached hydrogens (tertiary/aromatic N) is 2. The summed E-state index contributed by atoms with van der Waals surface area (Å²) in [5, 5.41) is 11.6. The Morgan fingerprint density at radius 3 is 2.39 bits per heavy atom. The summed E-state index contributed by atoms with van der Waals surface area (Å²) in [6.07, 6.45) is 1.09. The van der Waals surface area contributed by atoms with Crippen LogP contribution in [0.5, 0.6) is 0 Å². The molecule has 1 aliphatic rings. The normalized spacial score (nSPS) is 17.8. The average molecular weight is 329 g/mol. The predicted octanol–water partition coefficient (Wildman–Crippen LogP) is 1.80. The molecule has 0 radical (unpaired) electrons. The van der Waals surface area contributed by atoms with Crippen LogP contribution in [0.3, 0.4) is 0 Å². The average Bonchev–Trinajstić information content (AvgIpc) is 2.40. The molecule has 1 fully saturated rings. The maximum atomic E-state index is 12.3. The molecule has 0 spiro atoms. The predicted molar refractivity (Wildman–Crippen MR) is 88.3 cm³/mol. The fourth-order valence-electron chi connectivity index (χ4n) is 2.53. The van der Waals surface area contributed by atoms with Gasteiger partial charge in [-0.15, -0.1) is 0 Å². The third-order valence-electron chi connectivity index (χ3n) is 3.66. The molecule has 0 atom stereocenters. The molecule has 0 aliphatic carbocycles. The minimum atomic E-state index is -0.533. The van der Waals surface area contributed by atoms with E-state index in [1.54, 1.807) is 9.80 Å². The van der Waals surface area contributed by atoms with Crippen molar-refractivity contribution in [3.8, 4) is 0 Å². The standard InChI is InChI=1S/C16H31N3O4/c1-15(2,3)23-14(22)19-10-9-18(12-16(19,4)5)13(21)17-8-6-7-11-20/h20H,6-12H2,1-5H3,(H,17,21). The molecule has 1 saturated heterocycles. The molecule has 2 N–H and O–H groups in total. The van der Waals surface area contributed by atoms with Gasteiger partial charge < -0.3 is 20.1 Å². The molecule has 1 heterocycles. The van der Waals surface area contributed by atoms with Crippen LogP contribution in [0.1, 0.15) is 47.5 Å². The van der Waals surface area contributed by atoms with Gasteiger partial charge in [-0.1, -0.05) is 0 Å². The van der Waals surface area contributed by atoms with Gasteiger partial charge in [0, 0.05) is 32.8 Å². The molecule has 23 heavy (non-hydrogen) atoms. The Balaban J connectivity index is 2.56. The van der Waals surface area contributed by atoms with E-state index in [2.05, 4.69) is 5.32 Å². The monoisotopic (exact) mass is 329 g/mol. The number of piperazine rings is 1. The largest absolute Gasteiger partial charge is 0.444 e. The van der Waals surface area contributed by atoms with Crippen molar-refractivity contribution in [1.82, 2.24) is 15.1 Å². The van der Waals surface area contributed by atoms with Gasteiger partial charge in [0.05, 0.1) is 5.54 Å². The molecule has 3 amide bonds. The third-order valence-corrected chi connectivity index (χ3v) is 3.66. The lowest BCUT2D eigenvalue weighted by Gasteiger charge is -2.46. The number of aliphatic hydroxyl groups excluding tert-OH is 1. The molecule has 0 unspecified atom stereocenters. The molecule has 7 heteroatoms. The number of ether oxygens (including phenoxy) is 1. The van der Waals surface area contributed by atoms with Crippen molar-refractivity contribution in [3.63, 3.8) is 0 Å². The van der Waals surface area contributed by atoms with E-state index < -0.39 is 11.1 Å². The number of nitrogens with one attached hydrogen (secondary N) is 1. The second-order valence-corrected chi connectivity index (χ2v) is 7.53. The number of carbonyl (C=O) groups excluding carboxylic acids is 2. The van der Waals surface area contributed by atoms with Crippen molar-refractivity contribution >= 4 is 12.1 Å². The minimum absolute atomic E-state index is 0.125. The molecule has 0 aromatic rings. The van der Waals surface area contributed by atoms with Crippen LogP contribution in [0.25, 0.3) is 0 Å². The van der Waals surface area contributed by atoms with Gasteiger partial charge in [0.2, 0.25) is 0 Å². The van der Waals surface area contributed by atoms with Crippen LogP contribution in [-0.4, -0.2) is 71.0 Å². The molecule has 7 nitrogen and oxygen atoms in total. The molecule has 0 aromatic heterocycles. The SMILES string of the molecule is CC(C)(C)OC(=O)N1CCN(C(=O)NCCCCO)CC1(C)C. The fraction of sp³-hybridized carbons (Fsp3) is 0.875. The van der Waals surface area contributed by atoms with Gasteiger partial charge in [-0.25, -0.2) is 9.59 Å². The van der Waals surface area contributed by atoms with Gasteiger partial charge in [0.1, 0.15) is 5.60 Å². The van der Waals surface area contributed by atoms with E-state index in [4.69, 9.17) is 9.84 Å². The first kappa shape index (κ1) is 19.5. The van der Waals surface area contributed by atoms with Crippen LogP contribution in [0.15, 0.2) is 0 Å². The van der Waals surface area contributed by atoms with Crippen molar-refractivity contribution in [2.75, 3.05) is 32.8 Å². The second kappa shape index (κ2) is 7.86. The Morgan fingerprint density at radius 1 is 1.22 bits per heavy atom. The Hall–Kier alpha value is -1.50. The lowest BCUT2D eigenvalue weighted by molar-refractivity contribution is -0.0168. The molecular weight excluding hydrogens is 298 g/mol. The lowest BCUT2D eigenvalue weighted by atomic mass is 9.99. The van der Waals surface area contributed by atoms with Crippen LogP contribution in [-0.2, 0) is 4.74 Å². The summed E-state index contributed by atoms with van der Waals surface area (Å²) in [5.74, 6) is 0. The minimum Gasteiger partial charge on any atom is -0.444 e. The highest BCUT2D eigenvalue weighted by Gasteiger charge is 2.40. The number of aliphatic hydroxyl groups is 1. The van der Waals surface area contributed by atoms with Gasteiger partial charge in [0.25, 0.3) is 0 Å². The quantitative estimate of drug-likeness (QED) is 0.771. The summed E-state index contributed by atoms with van der Waals surface area (Å²) in [7, 11) is 0. The Bertz CT molecular complexity index is 418. The first-order valence-electron chi connectivity index (χ1n) is 8.21. The van der Waals surface area contributed by atoms with Crippen LogP contribution < -0.4 is 5.32 Å². The van der Waals surface area contributed by atoms with E-state index >= 15 is 0 Å². The number of hydrogen-bond acceptors (Lipinski definition) is 4. The first-order chi connectivity index (χ1) is 10.6. The van der Waals surface area contributed by atoms with Crippen molar-refractivity contribution in [2.45, 2.75) is 58.6 Å². The zero-order valence-corrected chi connectivity index (χ0v) is 15.0. The summed E-state index contributed by atoms with van der Waals surface area (Å²) in [6.45, 7) is 11.5. The van der Waals surface area contributed by atoms with Crippen molar-refractivity contribution in [1.29, 1.82) is 0 Å². The van der Waals surface area contributed by atoms with Crippen molar-refractivity contribution in [2.24, 2.45) is 0 Å². The summed E-state index contributed by atoms with van der Waals surface area (Å²) < 4.78 is 5.44.